The number of hydrogen-bond acceptors (Lipinski definition) is 2. The Bertz CT molecular complexity index is 106. The van der Waals surface area contributed by atoms with Crippen LogP contribution in [-0.4, -0.2) is 24.5 Å². The van der Waals surface area contributed by atoms with Crippen molar-refractivity contribution in [1.82, 2.24) is 4.90 Å². The van der Waals surface area contributed by atoms with Crippen molar-refractivity contribution in [2.24, 2.45) is 5.73 Å². The third-order valence-electron chi connectivity index (χ3n) is 1.10. The van der Waals surface area contributed by atoms with E-state index in [1.54, 1.807) is 0 Å². The van der Waals surface area contributed by atoms with Gasteiger partial charge >= 0.3 is 0 Å². The van der Waals surface area contributed by atoms with Crippen LogP contribution in [0.5, 0.6) is 0 Å². The Morgan fingerprint density at radius 2 is 1.89 bits per heavy atom. The third-order valence-corrected chi connectivity index (χ3v) is 1.10. The Labute approximate surface area is 57.0 Å². The van der Waals surface area contributed by atoms with Gasteiger partial charge < -0.3 is 10.6 Å². The summed E-state index contributed by atoms with van der Waals surface area (Å²) in [7, 11) is 0. The molecule has 0 aromatic rings. The van der Waals surface area contributed by atoms with E-state index < -0.39 is 0 Å². The molecule has 0 rings (SSSR count). The van der Waals surface area contributed by atoms with E-state index in [0.29, 0.717) is 6.54 Å². The second-order valence-corrected chi connectivity index (χ2v) is 1.66. The summed E-state index contributed by atoms with van der Waals surface area (Å²) in [5.74, 6) is 2.80. The van der Waals surface area contributed by atoms with Crippen LogP contribution >= 0.6 is 0 Å². The molecule has 2 N–H and O–H groups in total. The summed E-state index contributed by atoms with van der Waals surface area (Å²) in [5, 5.41) is 0. The van der Waals surface area contributed by atoms with Gasteiger partial charge in [-0.1, -0.05) is 5.92 Å². The van der Waals surface area contributed by atoms with Crippen LogP contribution in [0.4, 0.5) is 0 Å². The summed E-state index contributed by atoms with van der Waals surface area (Å²) in [4.78, 5) is 2.02. The molecule has 0 aliphatic rings. The lowest BCUT2D eigenvalue weighted by Crippen LogP contribution is -2.16. The predicted octanol–water partition coefficient (Wildman–Crippen LogP) is 0.248. The molecule has 0 fully saturated rings. The molecule has 0 aromatic heterocycles. The molecular formula is C7H14N2. The van der Waals surface area contributed by atoms with Crippen molar-refractivity contribution in [1.29, 1.82) is 0 Å². The van der Waals surface area contributed by atoms with Crippen molar-refractivity contribution >= 4 is 0 Å². The molecule has 0 aliphatic carbocycles. The highest BCUT2D eigenvalue weighted by Crippen LogP contribution is 1.79. The molecule has 0 amide bonds. The molecule has 0 spiro atoms. The van der Waals surface area contributed by atoms with E-state index in [1.807, 2.05) is 4.90 Å². The highest BCUT2D eigenvalue weighted by atomic mass is 15.1. The highest BCUT2D eigenvalue weighted by molar-refractivity contribution is 4.98. The Hall–Kier alpha value is -0.680. The van der Waals surface area contributed by atoms with Crippen molar-refractivity contribution in [3.8, 4) is 12.0 Å². The van der Waals surface area contributed by atoms with Gasteiger partial charge in [-0.15, -0.1) is 0 Å². The monoisotopic (exact) mass is 126 g/mol. The number of nitrogens with zero attached hydrogens (tertiary/aromatic N) is 1. The second-order valence-electron chi connectivity index (χ2n) is 1.66. The van der Waals surface area contributed by atoms with Crippen molar-refractivity contribution in [3.63, 3.8) is 0 Å². The normalized spacial score (nSPS) is 7.89. The van der Waals surface area contributed by atoms with Crippen LogP contribution in [0.2, 0.25) is 0 Å². The van der Waals surface area contributed by atoms with Gasteiger partial charge in [0.15, 0.2) is 0 Å². The first-order chi connectivity index (χ1) is 4.35. The van der Waals surface area contributed by atoms with Crippen molar-refractivity contribution in [2.75, 3.05) is 19.6 Å². The van der Waals surface area contributed by atoms with Gasteiger partial charge in [0.05, 0.1) is 6.54 Å². The maximum absolute atomic E-state index is 5.19. The summed E-state index contributed by atoms with van der Waals surface area (Å²) in [6.07, 6.45) is 0. The van der Waals surface area contributed by atoms with E-state index in [1.165, 1.54) is 0 Å². The third kappa shape index (κ3) is 3.87. The first-order valence-corrected chi connectivity index (χ1v) is 3.28. The first-order valence-electron chi connectivity index (χ1n) is 3.28. The SMILES string of the molecule is CCN(C#CCN)CC. The largest absolute Gasteiger partial charge is 0.333 e. The maximum Gasteiger partial charge on any atom is 0.0569 e. The molecule has 0 saturated carbocycles. The Morgan fingerprint density at radius 3 is 2.22 bits per heavy atom. The second kappa shape index (κ2) is 5.46. The average Bonchev–Trinajstić information content (AvgIpc) is 1.91. The van der Waals surface area contributed by atoms with E-state index in [-0.39, 0.29) is 0 Å². The van der Waals surface area contributed by atoms with Gasteiger partial charge in [0.2, 0.25) is 0 Å². The number of hydrogen-bond donors (Lipinski definition) is 1. The fourth-order valence-corrected chi connectivity index (χ4v) is 0.539. The molecule has 9 heavy (non-hydrogen) atoms. The van der Waals surface area contributed by atoms with Crippen molar-refractivity contribution in [3.05, 3.63) is 0 Å². The topological polar surface area (TPSA) is 29.3 Å². The van der Waals surface area contributed by atoms with Crippen molar-refractivity contribution < 1.29 is 0 Å². The van der Waals surface area contributed by atoms with Gasteiger partial charge in [-0.3, -0.25) is 0 Å². The Morgan fingerprint density at radius 1 is 1.33 bits per heavy atom. The van der Waals surface area contributed by atoms with Gasteiger partial charge in [-0.2, -0.15) is 0 Å². The minimum absolute atomic E-state index is 0.455. The summed E-state index contributed by atoms with van der Waals surface area (Å²) < 4.78 is 0. The minimum Gasteiger partial charge on any atom is -0.333 e. The summed E-state index contributed by atoms with van der Waals surface area (Å²) in [6.45, 7) is 6.56. The molecule has 0 aromatic carbocycles. The molecule has 0 radical (unpaired) electrons. The van der Waals surface area contributed by atoms with Crippen molar-refractivity contribution in [2.45, 2.75) is 13.8 Å². The van der Waals surface area contributed by atoms with Crippen LogP contribution in [0.1, 0.15) is 13.8 Å². The molecule has 52 valence electrons. The van der Waals surface area contributed by atoms with E-state index in [4.69, 9.17) is 5.73 Å². The lowest BCUT2D eigenvalue weighted by Gasteiger charge is -2.09. The average molecular weight is 126 g/mol. The standard InChI is InChI=1S/C7H14N2/c1-3-9(4-2)7-5-6-8/h3-4,6,8H2,1-2H3. The van der Waals surface area contributed by atoms with Crippen LogP contribution in [0, 0.1) is 12.0 Å². The zero-order chi connectivity index (χ0) is 7.11. The van der Waals surface area contributed by atoms with E-state index in [0.717, 1.165) is 13.1 Å². The molecule has 0 aliphatic heterocycles. The Balaban J connectivity index is 3.54. The fourth-order valence-electron chi connectivity index (χ4n) is 0.539. The molecule has 2 heteroatoms. The molecule has 0 saturated heterocycles. The summed E-state index contributed by atoms with van der Waals surface area (Å²) in [5.41, 5.74) is 5.19. The quantitative estimate of drug-likeness (QED) is 0.424. The van der Waals surface area contributed by atoms with E-state index >= 15 is 0 Å². The summed E-state index contributed by atoms with van der Waals surface area (Å²) >= 11 is 0. The predicted molar refractivity (Wildman–Crippen MR) is 39.8 cm³/mol. The van der Waals surface area contributed by atoms with Gasteiger partial charge in [-0.25, -0.2) is 0 Å². The van der Waals surface area contributed by atoms with Crippen LogP contribution in [-0.2, 0) is 0 Å². The molecular weight excluding hydrogens is 112 g/mol. The van der Waals surface area contributed by atoms with Gasteiger partial charge in [0.25, 0.3) is 0 Å². The summed E-state index contributed by atoms with van der Waals surface area (Å²) in [6, 6.07) is 2.93. The molecule has 0 unspecified atom stereocenters. The number of rotatable bonds is 2. The molecule has 2 nitrogen and oxygen atoms in total. The van der Waals surface area contributed by atoms with Gasteiger partial charge in [0.1, 0.15) is 0 Å². The number of nitrogens with two attached hydrogens (primary N) is 1. The first kappa shape index (κ1) is 8.32. The lowest BCUT2D eigenvalue weighted by molar-refractivity contribution is 0.444. The van der Waals surface area contributed by atoms with Gasteiger partial charge in [0, 0.05) is 19.1 Å². The smallest absolute Gasteiger partial charge is 0.0569 e. The molecule has 0 bridgehead atoms. The minimum atomic E-state index is 0.455. The Kier molecular flexibility index (Phi) is 5.04. The van der Waals surface area contributed by atoms with Crippen LogP contribution in [0.15, 0.2) is 0 Å². The molecule has 0 heterocycles. The van der Waals surface area contributed by atoms with Crippen LogP contribution in [0.25, 0.3) is 0 Å². The zero-order valence-corrected chi connectivity index (χ0v) is 6.15. The van der Waals surface area contributed by atoms with Crippen LogP contribution < -0.4 is 5.73 Å². The lowest BCUT2D eigenvalue weighted by atomic mass is 10.5. The maximum atomic E-state index is 5.19. The van der Waals surface area contributed by atoms with Gasteiger partial charge in [-0.05, 0) is 13.8 Å². The highest BCUT2D eigenvalue weighted by Gasteiger charge is 1.85. The zero-order valence-electron chi connectivity index (χ0n) is 6.15. The van der Waals surface area contributed by atoms with E-state index in [9.17, 15) is 0 Å². The van der Waals surface area contributed by atoms with E-state index in [2.05, 4.69) is 25.8 Å². The fraction of sp³-hybridized carbons (Fsp3) is 0.714. The van der Waals surface area contributed by atoms with Crippen LogP contribution in [0.3, 0.4) is 0 Å². The molecule has 0 atom stereocenters.